The maximum atomic E-state index is 12.8. The van der Waals surface area contributed by atoms with Gasteiger partial charge in [-0.05, 0) is 33.6 Å². The Bertz CT molecular complexity index is 297. The predicted octanol–water partition coefficient (Wildman–Crippen LogP) is 3.63. The smallest absolute Gasteiger partial charge is 0.407 e. The summed E-state index contributed by atoms with van der Waals surface area (Å²) in [6, 6.07) is -0.867. The van der Waals surface area contributed by atoms with Crippen molar-refractivity contribution in [3.63, 3.8) is 0 Å². The van der Waals surface area contributed by atoms with Gasteiger partial charge < -0.3 is 10.1 Å². The number of rotatable bonds is 1. The summed E-state index contributed by atoms with van der Waals surface area (Å²) in [4.78, 5) is 11.5. The van der Waals surface area contributed by atoms with Crippen LogP contribution in [-0.4, -0.2) is 23.9 Å². The molecule has 1 N–H and O–H groups in total. The minimum absolute atomic E-state index is 0.0734. The van der Waals surface area contributed by atoms with Crippen LogP contribution in [0.2, 0.25) is 0 Å². The Labute approximate surface area is 105 Å². The Balaban J connectivity index is 2.60. The van der Waals surface area contributed by atoms with Gasteiger partial charge in [0.15, 0.2) is 0 Å². The van der Waals surface area contributed by atoms with Gasteiger partial charge in [-0.15, -0.1) is 0 Å². The minimum atomic E-state index is -4.26. The third-order valence-corrected chi connectivity index (χ3v) is 2.89. The number of carbonyl (C=O) groups excluding carboxylic acids is 1. The lowest BCUT2D eigenvalue weighted by Crippen LogP contribution is -2.48. The molecule has 1 aliphatic carbocycles. The lowest BCUT2D eigenvalue weighted by Gasteiger charge is -2.33. The van der Waals surface area contributed by atoms with E-state index in [0.29, 0.717) is 19.3 Å². The summed E-state index contributed by atoms with van der Waals surface area (Å²) in [5, 5.41) is 2.35. The zero-order valence-corrected chi connectivity index (χ0v) is 10.9. The normalized spacial score (nSPS) is 25.7. The molecule has 2 atom stereocenters. The lowest BCUT2D eigenvalue weighted by atomic mass is 9.84. The van der Waals surface area contributed by atoms with Gasteiger partial charge in [0.1, 0.15) is 5.60 Å². The van der Waals surface area contributed by atoms with Crippen molar-refractivity contribution in [3.8, 4) is 0 Å². The fourth-order valence-electron chi connectivity index (χ4n) is 2.15. The maximum absolute atomic E-state index is 12.8. The highest BCUT2D eigenvalue weighted by atomic mass is 19.4. The second kappa shape index (κ2) is 5.36. The van der Waals surface area contributed by atoms with Gasteiger partial charge in [-0.2, -0.15) is 13.2 Å². The highest BCUT2D eigenvalue weighted by Gasteiger charge is 2.46. The molecule has 0 aromatic rings. The lowest BCUT2D eigenvalue weighted by molar-refractivity contribution is -0.188. The topological polar surface area (TPSA) is 38.3 Å². The van der Waals surface area contributed by atoms with E-state index in [0.717, 1.165) is 0 Å². The molecule has 3 nitrogen and oxygen atoms in total. The number of alkyl carbamates (subject to hydrolysis) is 1. The fraction of sp³-hybridized carbons (Fsp3) is 0.917. The van der Waals surface area contributed by atoms with Gasteiger partial charge in [-0.1, -0.05) is 12.8 Å². The molecule has 1 fully saturated rings. The van der Waals surface area contributed by atoms with Crippen LogP contribution in [0.3, 0.4) is 0 Å². The molecule has 106 valence electrons. The number of halogens is 3. The zero-order valence-electron chi connectivity index (χ0n) is 10.9. The SMILES string of the molecule is CC(C)(C)OC(=O)N[C@@H]1CCCC[C@@H]1C(F)(F)F. The average Bonchev–Trinajstić information content (AvgIpc) is 2.13. The van der Waals surface area contributed by atoms with E-state index >= 15 is 0 Å². The summed E-state index contributed by atoms with van der Waals surface area (Å²) in [6.07, 6.45) is -3.36. The molecule has 1 aliphatic rings. The summed E-state index contributed by atoms with van der Waals surface area (Å²) >= 11 is 0. The summed E-state index contributed by atoms with van der Waals surface area (Å²) in [6.45, 7) is 5.03. The van der Waals surface area contributed by atoms with Crippen molar-refractivity contribution in [2.45, 2.75) is 64.3 Å². The summed E-state index contributed by atoms with van der Waals surface area (Å²) in [5.41, 5.74) is -0.702. The van der Waals surface area contributed by atoms with Gasteiger partial charge in [-0.3, -0.25) is 0 Å². The van der Waals surface area contributed by atoms with Crippen LogP contribution in [0.4, 0.5) is 18.0 Å². The number of carbonyl (C=O) groups is 1. The van der Waals surface area contributed by atoms with E-state index in [4.69, 9.17) is 4.74 Å². The Morgan fingerprint density at radius 2 is 1.72 bits per heavy atom. The second-order valence-electron chi connectivity index (χ2n) is 5.69. The Kier molecular flexibility index (Phi) is 4.50. The molecular formula is C12H20F3NO2. The molecule has 0 bridgehead atoms. The van der Waals surface area contributed by atoms with Crippen molar-refractivity contribution in [1.29, 1.82) is 0 Å². The molecule has 6 heteroatoms. The van der Waals surface area contributed by atoms with Gasteiger partial charge in [-0.25, -0.2) is 4.79 Å². The fourth-order valence-corrected chi connectivity index (χ4v) is 2.15. The first kappa shape index (κ1) is 15.1. The van der Waals surface area contributed by atoms with Crippen LogP contribution in [0, 0.1) is 5.92 Å². The van der Waals surface area contributed by atoms with Crippen LogP contribution >= 0.6 is 0 Å². The van der Waals surface area contributed by atoms with E-state index in [1.165, 1.54) is 0 Å². The maximum Gasteiger partial charge on any atom is 0.407 e. The van der Waals surface area contributed by atoms with Crippen LogP contribution in [0.25, 0.3) is 0 Å². The number of hydrogen-bond acceptors (Lipinski definition) is 2. The largest absolute Gasteiger partial charge is 0.444 e. The molecule has 0 spiro atoms. The van der Waals surface area contributed by atoms with E-state index in [9.17, 15) is 18.0 Å². The molecule has 0 unspecified atom stereocenters. The highest BCUT2D eigenvalue weighted by molar-refractivity contribution is 5.68. The van der Waals surface area contributed by atoms with Crippen molar-refractivity contribution < 1.29 is 22.7 Å². The third-order valence-electron chi connectivity index (χ3n) is 2.89. The van der Waals surface area contributed by atoms with E-state index in [-0.39, 0.29) is 6.42 Å². The van der Waals surface area contributed by atoms with Crippen molar-refractivity contribution in [1.82, 2.24) is 5.32 Å². The number of nitrogens with one attached hydrogen (secondary N) is 1. The highest BCUT2D eigenvalue weighted by Crippen LogP contribution is 2.37. The van der Waals surface area contributed by atoms with E-state index in [1.54, 1.807) is 20.8 Å². The predicted molar refractivity (Wildman–Crippen MR) is 61.2 cm³/mol. The van der Waals surface area contributed by atoms with Crippen molar-refractivity contribution in [2.24, 2.45) is 5.92 Å². The molecule has 1 saturated carbocycles. The van der Waals surface area contributed by atoms with Crippen LogP contribution in [0.5, 0.6) is 0 Å². The first-order chi connectivity index (χ1) is 8.09. The zero-order chi connectivity index (χ0) is 14.0. The second-order valence-corrected chi connectivity index (χ2v) is 5.69. The summed E-state index contributed by atoms with van der Waals surface area (Å²) in [7, 11) is 0. The van der Waals surface area contributed by atoms with Gasteiger partial charge in [0.2, 0.25) is 0 Å². The molecule has 0 aromatic heterocycles. The number of alkyl halides is 3. The van der Waals surface area contributed by atoms with Crippen LogP contribution in [-0.2, 0) is 4.74 Å². The van der Waals surface area contributed by atoms with Crippen molar-refractivity contribution in [3.05, 3.63) is 0 Å². The van der Waals surface area contributed by atoms with E-state index in [1.807, 2.05) is 0 Å². The van der Waals surface area contributed by atoms with Gasteiger partial charge in [0, 0.05) is 6.04 Å². The van der Waals surface area contributed by atoms with Gasteiger partial charge >= 0.3 is 12.3 Å². The Morgan fingerprint density at radius 3 is 2.22 bits per heavy atom. The Morgan fingerprint density at radius 1 is 1.17 bits per heavy atom. The van der Waals surface area contributed by atoms with E-state index in [2.05, 4.69) is 5.32 Å². The molecule has 1 rings (SSSR count). The Hall–Kier alpha value is -0.940. The quantitative estimate of drug-likeness (QED) is 0.787. The number of hydrogen-bond donors (Lipinski definition) is 1. The molecule has 0 aliphatic heterocycles. The van der Waals surface area contributed by atoms with Crippen molar-refractivity contribution >= 4 is 6.09 Å². The first-order valence-corrected chi connectivity index (χ1v) is 6.16. The van der Waals surface area contributed by atoms with Crippen LogP contribution in [0.1, 0.15) is 46.5 Å². The van der Waals surface area contributed by atoms with E-state index < -0.39 is 29.8 Å². The minimum Gasteiger partial charge on any atom is -0.444 e. The molecular weight excluding hydrogens is 247 g/mol. The third kappa shape index (κ3) is 4.74. The first-order valence-electron chi connectivity index (χ1n) is 6.16. The molecule has 18 heavy (non-hydrogen) atoms. The van der Waals surface area contributed by atoms with Crippen LogP contribution in [0.15, 0.2) is 0 Å². The monoisotopic (exact) mass is 267 g/mol. The standard InChI is InChI=1S/C12H20F3NO2/c1-11(2,3)18-10(17)16-9-7-5-4-6-8(9)12(13,14)15/h8-9H,4-7H2,1-3H3,(H,16,17)/t8-,9+/m0/s1. The van der Waals surface area contributed by atoms with Crippen LogP contribution < -0.4 is 5.32 Å². The molecule has 0 radical (unpaired) electrons. The molecule has 0 aromatic carbocycles. The molecule has 0 heterocycles. The molecule has 0 saturated heterocycles. The van der Waals surface area contributed by atoms with Crippen molar-refractivity contribution in [2.75, 3.05) is 0 Å². The molecule has 1 amide bonds. The summed E-state index contributed by atoms with van der Waals surface area (Å²) in [5.74, 6) is -1.46. The van der Waals surface area contributed by atoms with Gasteiger partial charge in [0.05, 0.1) is 5.92 Å². The average molecular weight is 267 g/mol. The number of amides is 1. The summed E-state index contributed by atoms with van der Waals surface area (Å²) < 4.78 is 43.3. The van der Waals surface area contributed by atoms with Gasteiger partial charge in [0.25, 0.3) is 0 Å². The number of ether oxygens (including phenoxy) is 1.